The minimum Gasteiger partial charge on any atom is -0.352 e. The number of halogens is 1. The number of hydrogen-bond acceptors (Lipinski definition) is 3. The van der Waals surface area contributed by atoms with Gasteiger partial charge in [0, 0.05) is 36.7 Å². The number of nitrogens with one attached hydrogen (secondary N) is 1. The predicted molar refractivity (Wildman–Crippen MR) is 74.7 cm³/mol. The maximum Gasteiger partial charge on any atom is 0.273 e. The Bertz CT molecular complexity index is 493. The predicted octanol–water partition coefficient (Wildman–Crippen LogP) is 1.58. The molecule has 1 aliphatic heterocycles. The number of rotatable bonds is 2. The molecule has 1 aromatic rings. The maximum atomic E-state index is 12.4. The largest absolute Gasteiger partial charge is 0.352 e. The molecule has 5 nitrogen and oxygen atoms in total. The molecule has 19 heavy (non-hydrogen) atoms. The van der Waals surface area contributed by atoms with Gasteiger partial charge < -0.3 is 10.2 Å². The van der Waals surface area contributed by atoms with E-state index in [1.165, 1.54) is 6.92 Å². The van der Waals surface area contributed by atoms with Crippen LogP contribution in [0.25, 0.3) is 0 Å². The van der Waals surface area contributed by atoms with E-state index in [-0.39, 0.29) is 17.9 Å². The van der Waals surface area contributed by atoms with Crippen LogP contribution >= 0.6 is 15.9 Å². The molecule has 0 radical (unpaired) electrons. The van der Waals surface area contributed by atoms with Gasteiger partial charge >= 0.3 is 0 Å². The fraction of sp³-hybridized carbons (Fsp3) is 0.462. The lowest BCUT2D eigenvalue weighted by molar-refractivity contribution is -0.120. The SMILES string of the molecule is CC(=O)NC1CCCN(C(=O)c2ncccc2Br)C1. The maximum absolute atomic E-state index is 12.4. The van der Waals surface area contributed by atoms with E-state index in [4.69, 9.17) is 0 Å². The number of piperidine rings is 1. The van der Waals surface area contributed by atoms with Gasteiger partial charge in [-0.3, -0.25) is 9.59 Å². The molecule has 1 aromatic heterocycles. The fourth-order valence-corrected chi connectivity index (χ4v) is 2.68. The van der Waals surface area contributed by atoms with Gasteiger partial charge in [-0.2, -0.15) is 0 Å². The van der Waals surface area contributed by atoms with Crippen LogP contribution in [0.15, 0.2) is 22.8 Å². The molecule has 1 fully saturated rings. The van der Waals surface area contributed by atoms with Gasteiger partial charge in [0.05, 0.1) is 0 Å². The van der Waals surface area contributed by atoms with Gasteiger partial charge in [0.15, 0.2) is 0 Å². The first-order valence-electron chi connectivity index (χ1n) is 6.25. The highest BCUT2D eigenvalue weighted by molar-refractivity contribution is 9.10. The van der Waals surface area contributed by atoms with Crippen LogP contribution in [0, 0.1) is 0 Å². The van der Waals surface area contributed by atoms with E-state index in [0.29, 0.717) is 23.3 Å². The van der Waals surface area contributed by atoms with Crippen molar-refractivity contribution in [3.05, 3.63) is 28.5 Å². The van der Waals surface area contributed by atoms with E-state index >= 15 is 0 Å². The average Bonchev–Trinajstić information content (AvgIpc) is 2.38. The van der Waals surface area contributed by atoms with Crippen LogP contribution in [0.2, 0.25) is 0 Å². The second kappa shape index (κ2) is 6.14. The summed E-state index contributed by atoms with van der Waals surface area (Å²) < 4.78 is 0.696. The van der Waals surface area contributed by atoms with Gasteiger partial charge in [-0.05, 0) is 40.9 Å². The summed E-state index contributed by atoms with van der Waals surface area (Å²) in [5.74, 6) is -0.152. The molecule has 1 saturated heterocycles. The van der Waals surface area contributed by atoms with Crippen molar-refractivity contribution in [3.8, 4) is 0 Å². The molecule has 1 atom stereocenters. The Labute approximate surface area is 120 Å². The molecule has 0 spiro atoms. The number of aromatic nitrogens is 1. The molecule has 0 saturated carbocycles. The molecule has 1 N–H and O–H groups in total. The second-order valence-electron chi connectivity index (χ2n) is 4.62. The van der Waals surface area contributed by atoms with Gasteiger partial charge in [0.25, 0.3) is 5.91 Å². The Morgan fingerprint density at radius 3 is 3.00 bits per heavy atom. The lowest BCUT2D eigenvalue weighted by Gasteiger charge is -2.32. The van der Waals surface area contributed by atoms with Crippen molar-refractivity contribution in [2.24, 2.45) is 0 Å². The summed E-state index contributed by atoms with van der Waals surface area (Å²) in [4.78, 5) is 29.3. The van der Waals surface area contributed by atoms with Crippen LogP contribution < -0.4 is 5.32 Å². The highest BCUT2D eigenvalue weighted by atomic mass is 79.9. The summed E-state index contributed by atoms with van der Waals surface area (Å²) in [5.41, 5.74) is 0.422. The van der Waals surface area contributed by atoms with E-state index in [0.717, 1.165) is 12.8 Å². The van der Waals surface area contributed by atoms with Gasteiger partial charge in [0.1, 0.15) is 5.69 Å². The molecule has 1 aliphatic rings. The van der Waals surface area contributed by atoms with E-state index in [1.807, 2.05) is 0 Å². The number of carbonyl (C=O) groups is 2. The third-order valence-corrected chi connectivity index (χ3v) is 3.72. The monoisotopic (exact) mass is 325 g/mol. The van der Waals surface area contributed by atoms with Crippen molar-refractivity contribution in [2.45, 2.75) is 25.8 Å². The number of amides is 2. The Hall–Kier alpha value is -1.43. The topological polar surface area (TPSA) is 62.3 Å². The van der Waals surface area contributed by atoms with Crippen molar-refractivity contribution >= 4 is 27.7 Å². The summed E-state index contributed by atoms with van der Waals surface area (Å²) in [5, 5.41) is 2.87. The molecule has 0 aliphatic carbocycles. The lowest BCUT2D eigenvalue weighted by atomic mass is 10.1. The molecule has 2 heterocycles. The highest BCUT2D eigenvalue weighted by Crippen LogP contribution is 2.18. The van der Waals surface area contributed by atoms with Crippen LogP contribution in [0.1, 0.15) is 30.3 Å². The fourth-order valence-electron chi connectivity index (χ4n) is 2.26. The first-order chi connectivity index (χ1) is 9.08. The number of carbonyl (C=O) groups excluding carboxylic acids is 2. The normalized spacial score (nSPS) is 19.1. The van der Waals surface area contributed by atoms with E-state index in [9.17, 15) is 9.59 Å². The standard InChI is InChI=1S/C13H16BrN3O2/c1-9(18)16-10-4-3-7-17(8-10)13(19)12-11(14)5-2-6-15-12/h2,5-6,10H,3-4,7-8H2,1H3,(H,16,18). The van der Waals surface area contributed by atoms with Crippen LogP contribution in [0.3, 0.4) is 0 Å². The number of nitrogens with zero attached hydrogens (tertiary/aromatic N) is 2. The molecular formula is C13H16BrN3O2. The third-order valence-electron chi connectivity index (χ3n) is 3.08. The Morgan fingerprint density at radius 1 is 1.53 bits per heavy atom. The Kier molecular flexibility index (Phi) is 4.52. The summed E-state index contributed by atoms with van der Waals surface area (Å²) in [6, 6.07) is 3.62. The van der Waals surface area contributed by atoms with Gasteiger partial charge in [-0.25, -0.2) is 4.98 Å². The van der Waals surface area contributed by atoms with Crippen LogP contribution in [0.4, 0.5) is 0 Å². The summed E-state index contributed by atoms with van der Waals surface area (Å²) >= 11 is 3.34. The Balaban J connectivity index is 2.07. The molecule has 102 valence electrons. The smallest absolute Gasteiger partial charge is 0.273 e. The lowest BCUT2D eigenvalue weighted by Crippen LogP contribution is -2.49. The van der Waals surface area contributed by atoms with Gasteiger partial charge in [0.2, 0.25) is 5.91 Å². The molecular weight excluding hydrogens is 310 g/mol. The zero-order chi connectivity index (χ0) is 13.8. The molecule has 1 unspecified atom stereocenters. The minimum absolute atomic E-state index is 0.0395. The number of hydrogen-bond donors (Lipinski definition) is 1. The zero-order valence-corrected chi connectivity index (χ0v) is 12.3. The summed E-state index contributed by atoms with van der Waals surface area (Å²) in [7, 11) is 0. The van der Waals surface area contributed by atoms with Crippen LogP contribution in [-0.2, 0) is 4.79 Å². The second-order valence-corrected chi connectivity index (χ2v) is 5.48. The quantitative estimate of drug-likeness (QED) is 0.898. The van der Waals surface area contributed by atoms with Crippen molar-refractivity contribution in [1.29, 1.82) is 0 Å². The van der Waals surface area contributed by atoms with Gasteiger partial charge in [-0.15, -0.1) is 0 Å². The van der Waals surface area contributed by atoms with Crippen molar-refractivity contribution in [3.63, 3.8) is 0 Å². The van der Waals surface area contributed by atoms with Gasteiger partial charge in [-0.1, -0.05) is 0 Å². The van der Waals surface area contributed by atoms with E-state index < -0.39 is 0 Å². The van der Waals surface area contributed by atoms with Crippen LogP contribution in [-0.4, -0.2) is 40.8 Å². The first-order valence-corrected chi connectivity index (χ1v) is 7.04. The van der Waals surface area contributed by atoms with Crippen molar-refractivity contribution in [1.82, 2.24) is 15.2 Å². The summed E-state index contributed by atoms with van der Waals surface area (Å²) in [6.45, 7) is 2.75. The average molecular weight is 326 g/mol. The third kappa shape index (κ3) is 3.53. The highest BCUT2D eigenvalue weighted by Gasteiger charge is 2.26. The summed E-state index contributed by atoms with van der Waals surface area (Å²) in [6.07, 6.45) is 3.40. The minimum atomic E-state index is -0.0949. The van der Waals surface area contributed by atoms with Crippen LogP contribution in [0.5, 0.6) is 0 Å². The van der Waals surface area contributed by atoms with Crippen molar-refractivity contribution in [2.75, 3.05) is 13.1 Å². The molecule has 6 heteroatoms. The zero-order valence-electron chi connectivity index (χ0n) is 10.7. The Morgan fingerprint density at radius 2 is 2.32 bits per heavy atom. The first kappa shape index (κ1) is 14.0. The molecule has 0 aromatic carbocycles. The molecule has 2 amide bonds. The van der Waals surface area contributed by atoms with Crippen molar-refractivity contribution < 1.29 is 9.59 Å². The number of likely N-dealkylation sites (tertiary alicyclic amines) is 1. The number of pyridine rings is 1. The molecule has 2 rings (SSSR count). The van der Waals surface area contributed by atoms with E-state index in [1.54, 1.807) is 23.2 Å². The molecule has 0 bridgehead atoms. The van der Waals surface area contributed by atoms with E-state index in [2.05, 4.69) is 26.2 Å².